The van der Waals surface area contributed by atoms with Crippen molar-refractivity contribution in [3.8, 4) is 11.5 Å². The Kier molecular flexibility index (Phi) is 2.11. The Hall–Kier alpha value is -1.22. The fourth-order valence-corrected chi connectivity index (χ4v) is 3.14. The van der Waals surface area contributed by atoms with Crippen molar-refractivity contribution in [2.75, 3.05) is 13.1 Å². The zero-order chi connectivity index (χ0) is 11.2. The van der Waals surface area contributed by atoms with Gasteiger partial charge in [0.25, 0.3) is 0 Å². The van der Waals surface area contributed by atoms with Crippen LogP contribution in [0.2, 0.25) is 0 Å². The van der Waals surface area contributed by atoms with Gasteiger partial charge in [0.05, 0.1) is 0 Å². The van der Waals surface area contributed by atoms with Gasteiger partial charge < -0.3 is 15.2 Å². The standard InChI is InChI=1S/C13H17NO2/c1-2-13-6-7-14-8-11(13)16-12-9(13)4-3-5-10(12)15/h3-5,11,14-15H,2,6-8H2,1H3/t11-,13-/m0/s1. The maximum Gasteiger partial charge on any atom is 0.165 e. The molecule has 2 aliphatic heterocycles. The number of nitrogens with one attached hydrogen (secondary N) is 1. The van der Waals surface area contributed by atoms with E-state index in [0.29, 0.717) is 5.75 Å². The quantitative estimate of drug-likeness (QED) is 0.756. The first-order valence-electron chi connectivity index (χ1n) is 5.98. The number of rotatable bonds is 1. The molecule has 2 heterocycles. The molecule has 3 nitrogen and oxygen atoms in total. The van der Waals surface area contributed by atoms with Crippen LogP contribution in [0.3, 0.4) is 0 Å². The van der Waals surface area contributed by atoms with Crippen molar-refractivity contribution >= 4 is 0 Å². The van der Waals surface area contributed by atoms with Crippen LogP contribution in [0, 0.1) is 0 Å². The Labute approximate surface area is 95.4 Å². The van der Waals surface area contributed by atoms with Gasteiger partial charge in [-0.15, -0.1) is 0 Å². The van der Waals surface area contributed by atoms with Crippen LogP contribution in [0.15, 0.2) is 18.2 Å². The molecule has 2 atom stereocenters. The van der Waals surface area contributed by atoms with Crippen molar-refractivity contribution in [1.29, 1.82) is 0 Å². The van der Waals surface area contributed by atoms with Gasteiger partial charge in [-0.25, -0.2) is 0 Å². The van der Waals surface area contributed by atoms with Crippen molar-refractivity contribution in [3.05, 3.63) is 23.8 Å². The molecule has 16 heavy (non-hydrogen) atoms. The number of fused-ring (bicyclic) bond motifs is 3. The number of piperidine rings is 1. The van der Waals surface area contributed by atoms with Gasteiger partial charge in [0.15, 0.2) is 11.5 Å². The second-order valence-electron chi connectivity index (χ2n) is 4.72. The molecule has 2 N–H and O–H groups in total. The molecule has 1 aromatic rings. The number of para-hydroxylation sites is 1. The van der Waals surface area contributed by atoms with Gasteiger partial charge >= 0.3 is 0 Å². The fourth-order valence-electron chi connectivity index (χ4n) is 3.14. The van der Waals surface area contributed by atoms with Crippen molar-refractivity contribution in [1.82, 2.24) is 5.32 Å². The lowest BCUT2D eigenvalue weighted by molar-refractivity contribution is 0.107. The van der Waals surface area contributed by atoms with Crippen molar-refractivity contribution in [3.63, 3.8) is 0 Å². The smallest absolute Gasteiger partial charge is 0.165 e. The highest BCUT2D eigenvalue weighted by molar-refractivity contribution is 5.53. The maximum absolute atomic E-state index is 9.84. The lowest BCUT2D eigenvalue weighted by atomic mass is 9.71. The first-order chi connectivity index (χ1) is 7.78. The van der Waals surface area contributed by atoms with Crippen molar-refractivity contribution < 1.29 is 9.84 Å². The number of hydrogen-bond acceptors (Lipinski definition) is 3. The van der Waals surface area contributed by atoms with Gasteiger partial charge in [-0.1, -0.05) is 19.1 Å². The van der Waals surface area contributed by atoms with Gasteiger partial charge in [-0.05, 0) is 25.5 Å². The van der Waals surface area contributed by atoms with E-state index in [4.69, 9.17) is 4.74 Å². The van der Waals surface area contributed by atoms with Crippen LogP contribution >= 0.6 is 0 Å². The molecule has 0 saturated carbocycles. The summed E-state index contributed by atoms with van der Waals surface area (Å²) in [6.45, 7) is 4.12. The fraction of sp³-hybridized carbons (Fsp3) is 0.538. The zero-order valence-electron chi connectivity index (χ0n) is 9.49. The van der Waals surface area contributed by atoms with Crippen LogP contribution in [0.25, 0.3) is 0 Å². The molecule has 1 saturated heterocycles. The van der Waals surface area contributed by atoms with Crippen LogP contribution in [0.4, 0.5) is 0 Å². The van der Waals surface area contributed by atoms with E-state index in [1.54, 1.807) is 6.07 Å². The summed E-state index contributed by atoms with van der Waals surface area (Å²) < 4.78 is 5.92. The molecular weight excluding hydrogens is 202 g/mol. The summed E-state index contributed by atoms with van der Waals surface area (Å²) in [5.74, 6) is 0.984. The highest BCUT2D eigenvalue weighted by Crippen LogP contribution is 2.51. The minimum atomic E-state index is 0.110. The molecular formula is C13H17NO2. The molecule has 1 aromatic carbocycles. The average Bonchev–Trinajstić information content (AvgIpc) is 2.66. The summed E-state index contributed by atoms with van der Waals surface area (Å²) >= 11 is 0. The Bertz CT molecular complexity index is 418. The molecule has 2 aliphatic rings. The van der Waals surface area contributed by atoms with E-state index in [2.05, 4.69) is 18.3 Å². The van der Waals surface area contributed by atoms with Gasteiger partial charge in [-0.3, -0.25) is 0 Å². The normalized spacial score (nSPS) is 31.7. The topological polar surface area (TPSA) is 41.5 Å². The van der Waals surface area contributed by atoms with Crippen LogP contribution < -0.4 is 10.1 Å². The van der Waals surface area contributed by atoms with E-state index in [0.717, 1.165) is 25.9 Å². The largest absolute Gasteiger partial charge is 0.504 e. The summed E-state index contributed by atoms with van der Waals surface area (Å²) in [5.41, 5.74) is 1.31. The molecule has 86 valence electrons. The molecule has 0 amide bonds. The third kappa shape index (κ3) is 1.12. The number of benzene rings is 1. The zero-order valence-corrected chi connectivity index (χ0v) is 9.49. The average molecular weight is 219 g/mol. The van der Waals surface area contributed by atoms with Crippen LogP contribution in [-0.4, -0.2) is 24.3 Å². The number of hydrogen-bond donors (Lipinski definition) is 2. The predicted octanol–water partition coefficient (Wildman–Crippen LogP) is 1.79. The second kappa shape index (κ2) is 3.39. The molecule has 0 spiro atoms. The van der Waals surface area contributed by atoms with E-state index < -0.39 is 0 Å². The monoisotopic (exact) mass is 219 g/mol. The van der Waals surface area contributed by atoms with E-state index >= 15 is 0 Å². The van der Waals surface area contributed by atoms with Crippen LogP contribution in [-0.2, 0) is 5.41 Å². The summed E-state index contributed by atoms with van der Waals surface area (Å²) in [5, 5.41) is 13.2. The highest BCUT2D eigenvalue weighted by Gasteiger charge is 2.49. The summed E-state index contributed by atoms with van der Waals surface area (Å²) in [6, 6.07) is 5.72. The first-order valence-corrected chi connectivity index (χ1v) is 5.98. The van der Waals surface area contributed by atoms with Crippen molar-refractivity contribution in [2.24, 2.45) is 0 Å². The molecule has 0 aliphatic carbocycles. The third-order valence-corrected chi connectivity index (χ3v) is 4.12. The van der Waals surface area contributed by atoms with E-state index in [1.165, 1.54) is 5.56 Å². The Morgan fingerprint density at radius 3 is 3.25 bits per heavy atom. The number of ether oxygens (including phenoxy) is 1. The Morgan fingerprint density at radius 2 is 2.44 bits per heavy atom. The molecule has 0 unspecified atom stereocenters. The summed E-state index contributed by atoms with van der Waals surface area (Å²) in [7, 11) is 0. The molecule has 3 heteroatoms. The molecule has 0 radical (unpaired) electrons. The summed E-state index contributed by atoms with van der Waals surface area (Å²) in [6.07, 6.45) is 2.33. The lowest BCUT2D eigenvalue weighted by Crippen LogP contribution is -2.50. The van der Waals surface area contributed by atoms with Gasteiger partial charge in [0.1, 0.15) is 6.10 Å². The van der Waals surface area contributed by atoms with Crippen LogP contribution in [0.5, 0.6) is 11.5 Å². The third-order valence-electron chi connectivity index (χ3n) is 4.12. The highest BCUT2D eigenvalue weighted by atomic mass is 16.5. The number of aromatic hydroxyl groups is 1. The Morgan fingerprint density at radius 1 is 1.56 bits per heavy atom. The van der Waals surface area contributed by atoms with Gasteiger partial charge in [0, 0.05) is 17.5 Å². The lowest BCUT2D eigenvalue weighted by Gasteiger charge is -2.37. The second-order valence-corrected chi connectivity index (χ2v) is 4.72. The summed E-state index contributed by atoms with van der Waals surface area (Å²) in [4.78, 5) is 0. The predicted molar refractivity (Wildman–Crippen MR) is 62.0 cm³/mol. The van der Waals surface area contributed by atoms with E-state index in [1.807, 2.05) is 6.07 Å². The van der Waals surface area contributed by atoms with Crippen LogP contribution in [0.1, 0.15) is 25.3 Å². The first kappa shape index (κ1) is 9.97. The van der Waals surface area contributed by atoms with E-state index in [9.17, 15) is 5.11 Å². The molecule has 3 rings (SSSR count). The number of phenolic OH excluding ortho intramolecular Hbond substituents is 1. The van der Waals surface area contributed by atoms with Gasteiger partial charge in [-0.2, -0.15) is 0 Å². The molecule has 1 fully saturated rings. The minimum absolute atomic E-state index is 0.110. The molecule has 0 aromatic heterocycles. The number of phenols is 1. The maximum atomic E-state index is 9.84. The molecule has 0 bridgehead atoms. The van der Waals surface area contributed by atoms with Crippen molar-refractivity contribution in [2.45, 2.75) is 31.3 Å². The minimum Gasteiger partial charge on any atom is -0.504 e. The SMILES string of the molecule is CC[C@@]12CCNC[C@@H]1Oc1c(O)cccc12. The van der Waals surface area contributed by atoms with Gasteiger partial charge in [0.2, 0.25) is 0 Å². The Balaban J connectivity index is 2.14. The van der Waals surface area contributed by atoms with E-state index in [-0.39, 0.29) is 17.3 Å².